The molecule has 0 amide bonds. The van der Waals surface area contributed by atoms with Crippen LogP contribution in [0.5, 0.6) is 0 Å². The summed E-state index contributed by atoms with van der Waals surface area (Å²) in [4.78, 5) is 10.1. The minimum Gasteiger partial charge on any atom is -0.399 e. The summed E-state index contributed by atoms with van der Waals surface area (Å²) >= 11 is 0. The summed E-state index contributed by atoms with van der Waals surface area (Å²) in [5.74, 6) is 0. The lowest BCUT2D eigenvalue weighted by molar-refractivity contribution is -0.385. The number of anilines is 1. The van der Waals surface area contributed by atoms with Crippen molar-refractivity contribution in [3.63, 3.8) is 0 Å². The van der Waals surface area contributed by atoms with E-state index in [0.29, 0.717) is 16.8 Å². The predicted octanol–water partition coefficient (Wildman–Crippen LogP) is 0.944. The highest BCUT2D eigenvalue weighted by Gasteiger charge is 2.13. The van der Waals surface area contributed by atoms with Gasteiger partial charge in [-0.25, -0.2) is 0 Å². The Labute approximate surface area is 75.5 Å². The molecule has 1 aromatic rings. The standard InChI is InChI=1S/C8H11N3O2/c1-5-6(4-9)2-7(10)3-8(5)11(12)13/h2-3H,4,9-10H2,1H3. The first kappa shape index (κ1) is 9.47. The third-order valence-corrected chi connectivity index (χ3v) is 1.93. The van der Waals surface area contributed by atoms with E-state index in [1.54, 1.807) is 13.0 Å². The van der Waals surface area contributed by atoms with Gasteiger partial charge in [-0.15, -0.1) is 0 Å². The van der Waals surface area contributed by atoms with Gasteiger partial charge >= 0.3 is 0 Å². The number of nitrogen functional groups attached to an aromatic ring is 1. The summed E-state index contributed by atoms with van der Waals surface area (Å²) in [6.07, 6.45) is 0. The molecule has 4 N–H and O–H groups in total. The second-order valence-corrected chi connectivity index (χ2v) is 2.79. The van der Waals surface area contributed by atoms with Crippen LogP contribution < -0.4 is 11.5 Å². The van der Waals surface area contributed by atoms with Crippen molar-refractivity contribution in [2.75, 3.05) is 5.73 Å². The van der Waals surface area contributed by atoms with E-state index in [1.165, 1.54) is 6.07 Å². The first-order valence-electron chi connectivity index (χ1n) is 3.79. The average molecular weight is 181 g/mol. The molecule has 1 aromatic carbocycles. The molecule has 70 valence electrons. The van der Waals surface area contributed by atoms with Gasteiger partial charge in [-0.3, -0.25) is 10.1 Å². The summed E-state index contributed by atoms with van der Waals surface area (Å²) in [5, 5.41) is 10.6. The number of nitro benzene ring substituents is 1. The minimum atomic E-state index is -0.454. The van der Waals surface area contributed by atoms with Gasteiger partial charge < -0.3 is 11.5 Å². The van der Waals surface area contributed by atoms with Gasteiger partial charge in [-0.1, -0.05) is 0 Å². The molecule has 0 atom stereocenters. The maximum Gasteiger partial charge on any atom is 0.274 e. The van der Waals surface area contributed by atoms with Crippen molar-refractivity contribution in [3.05, 3.63) is 33.4 Å². The zero-order valence-electron chi connectivity index (χ0n) is 7.28. The number of nitro groups is 1. The first-order valence-corrected chi connectivity index (χ1v) is 3.79. The highest BCUT2D eigenvalue weighted by Crippen LogP contribution is 2.24. The lowest BCUT2D eigenvalue weighted by Gasteiger charge is -2.04. The SMILES string of the molecule is Cc1c(CN)cc(N)cc1[N+](=O)[O-]. The highest BCUT2D eigenvalue weighted by molar-refractivity contribution is 5.56. The summed E-state index contributed by atoms with van der Waals surface area (Å²) in [6.45, 7) is 1.93. The van der Waals surface area contributed by atoms with Gasteiger partial charge in [0.25, 0.3) is 5.69 Å². The van der Waals surface area contributed by atoms with E-state index in [2.05, 4.69) is 0 Å². The Balaban J connectivity index is 3.35. The Morgan fingerprint density at radius 1 is 1.54 bits per heavy atom. The molecule has 0 radical (unpaired) electrons. The van der Waals surface area contributed by atoms with Crippen molar-refractivity contribution in [3.8, 4) is 0 Å². The Morgan fingerprint density at radius 2 is 2.15 bits per heavy atom. The van der Waals surface area contributed by atoms with Crippen LogP contribution in [-0.2, 0) is 6.54 Å². The molecule has 0 saturated carbocycles. The van der Waals surface area contributed by atoms with E-state index in [-0.39, 0.29) is 12.2 Å². The van der Waals surface area contributed by atoms with Crippen LogP contribution in [-0.4, -0.2) is 4.92 Å². The van der Waals surface area contributed by atoms with Crippen molar-refractivity contribution in [2.45, 2.75) is 13.5 Å². The van der Waals surface area contributed by atoms with Crippen molar-refractivity contribution < 1.29 is 4.92 Å². The molecular weight excluding hydrogens is 170 g/mol. The zero-order chi connectivity index (χ0) is 10.0. The molecule has 0 saturated heterocycles. The predicted molar refractivity (Wildman–Crippen MR) is 50.1 cm³/mol. The normalized spacial score (nSPS) is 10.0. The number of hydrogen-bond acceptors (Lipinski definition) is 4. The third kappa shape index (κ3) is 1.75. The van der Waals surface area contributed by atoms with Crippen LogP contribution in [0.4, 0.5) is 11.4 Å². The van der Waals surface area contributed by atoms with Crippen molar-refractivity contribution in [1.29, 1.82) is 0 Å². The number of nitrogens with two attached hydrogens (primary N) is 2. The van der Waals surface area contributed by atoms with E-state index in [0.717, 1.165) is 0 Å². The van der Waals surface area contributed by atoms with Gasteiger partial charge in [0.05, 0.1) is 4.92 Å². The number of benzene rings is 1. The molecule has 0 spiro atoms. The molecule has 0 aliphatic heterocycles. The Bertz CT molecular complexity index is 349. The number of hydrogen-bond donors (Lipinski definition) is 2. The molecule has 0 unspecified atom stereocenters. The molecule has 0 aromatic heterocycles. The molecule has 1 rings (SSSR count). The van der Waals surface area contributed by atoms with Gasteiger partial charge in [0, 0.05) is 23.9 Å². The van der Waals surface area contributed by atoms with E-state index >= 15 is 0 Å². The van der Waals surface area contributed by atoms with E-state index in [4.69, 9.17) is 11.5 Å². The Morgan fingerprint density at radius 3 is 2.62 bits per heavy atom. The van der Waals surface area contributed by atoms with Crippen LogP contribution in [0.15, 0.2) is 12.1 Å². The smallest absolute Gasteiger partial charge is 0.274 e. The molecule has 0 fully saturated rings. The fourth-order valence-electron chi connectivity index (χ4n) is 1.18. The first-order chi connectivity index (χ1) is 6.06. The molecule has 0 bridgehead atoms. The van der Waals surface area contributed by atoms with Crippen molar-refractivity contribution in [2.24, 2.45) is 5.73 Å². The van der Waals surface area contributed by atoms with Crippen LogP contribution in [0.1, 0.15) is 11.1 Å². The van der Waals surface area contributed by atoms with E-state index in [9.17, 15) is 10.1 Å². The highest BCUT2D eigenvalue weighted by atomic mass is 16.6. The van der Waals surface area contributed by atoms with Crippen molar-refractivity contribution >= 4 is 11.4 Å². The van der Waals surface area contributed by atoms with Gasteiger partial charge in [0.2, 0.25) is 0 Å². The topological polar surface area (TPSA) is 95.2 Å². The molecule has 0 heterocycles. The fraction of sp³-hybridized carbons (Fsp3) is 0.250. The van der Waals surface area contributed by atoms with Crippen LogP contribution >= 0.6 is 0 Å². The van der Waals surface area contributed by atoms with Crippen molar-refractivity contribution in [1.82, 2.24) is 0 Å². The van der Waals surface area contributed by atoms with Crippen LogP contribution in [0.25, 0.3) is 0 Å². The largest absolute Gasteiger partial charge is 0.399 e. The van der Waals surface area contributed by atoms with Gasteiger partial charge in [0.15, 0.2) is 0 Å². The number of rotatable bonds is 2. The Hall–Kier alpha value is -1.62. The van der Waals surface area contributed by atoms with Crippen LogP contribution in [0, 0.1) is 17.0 Å². The maximum atomic E-state index is 10.6. The second-order valence-electron chi connectivity index (χ2n) is 2.79. The van der Waals surface area contributed by atoms with Crippen LogP contribution in [0.3, 0.4) is 0 Å². The second kappa shape index (κ2) is 3.40. The van der Waals surface area contributed by atoms with Gasteiger partial charge in [0.1, 0.15) is 0 Å². The maximum absolute atomic E-state index is 10.6. The third-order valence-electron chi connectivity index (χ3n) is 1.93. The number of nitrogens with zero attached hydrogens (tertiary/aromatic N) is 1. The quantitative estimate of drug-likeness (QED) is 0.403. The van der Waals surface area contributed by atoms with Gasteiger partial charge in [-0.05, 0) is 18.6 Å². The van der Waals surface area contributed by atoms with Gasteiger partial charge in [-0.2, -0.15) is 0 Å². The lowest BCUT2D eigenvalue weighted by Crippen LogP contribution is -2.03. The monoisotopic (exact) mass is 181 g/mol. The van der Waals surface area contributed by atoms with Crippen LogP contribution in [0.2, 0.25) is 0 Å². The molecule has 13 heavy (non-hydrogen) atoms. The molecule has 5 nitrogen and oxygen atoms in total. The Kier molecular flexibility index (Phi) is 2.48. The molecular formula is C8H11N3O2. The molecule has 5 heteroatoms. The molecule has 0 aliphatic carbocycles. The minimum absolute atomic E-state index is 0.0282. The summed E-state index contributed by atoms with van der Waals surface area (Å²) in [6, 6.07) is 3.00. The summed E-state index contributed by atoms with van der Waals surface area (Å²) < 4.78 is 0. The average Bonchev–Trinajstić information content (AvgIpc) is 2.08. The van der Waals surface area contributed by atoms with E-state index in [1.807, 2.05) is 0 Å². The fourth-order valence-corrected chi connectivity index (χ4v) is 1.18. The zero-order valence-corrected chi connectivity index (χ0v) is 7.28. The lowest BCUT2D eigenvalue weighted by atomic mass is 10.1. The summed E-state index contributed by atoms with van der Waals surface area (Å²) in [5.41, 5.74) is 12.6. The van der Waals surface area contributed by atoms with E-state index < -0.39 is 4.92 Å². The summed E-state index contributed by atoms with van der Waals surface area (Å²) in [7, 11) is 0. The molecule has 0 aliphatic rings.